The second-order valence-electron chi connectivity index (χ2n) is 6.92. The molecule has 1 aromatic heterocycles. The van der Waals surface area contributed by atoms with Crippen LogP contribution in [0.2, 0.25) is 0 Å². The van der Waals surface area contributed by atoms with Crippen molar-refractivity contribution in [2.45, 2.75) is 52.0 Å². The highest BCUT2D eigenvalue weighted by atomic mass is 32.2. The fraction of sp³-hybridized carbons (Fsp3) is 0.765. The predicted octanol–water partition coefficient (Wildman–Crippen LogP) is 1.07. The number of hydrogen-bond donors (Lipinski definition) is 0. The SMILES string of the molecule is CCS(=O)(=O)N1CCc2c(c(CCC(=O)N3CCCCC3)nn2C)C1. The minimum absolute atomic E-state index is 0.116. The Hall–Kier alpha value is -1.41. The molecule has 7 nitrogen and oxygen atoms in total. The summed E-state index contributed by atoms with van der Waals surface area (Å²) in [6.45, 7) is 4.29. The van der Waals surface area contributed by atoms with Crippen molar-refractivity contribution in [1.29, 1.82) is 0 Å². The van der Waals surface area contributed by atoms with Gasteiger partial charge in [0.2, 0.25) is 15.9 Å². The quantitative estimate of drug-likeness (QED) is 0.779. The van der Waals surface area contributed by atoms with E-state index < -0.39 is 10.0 Å². The third-order valence-electron chi connectivity index (χ3n) is 5.33. The maximum atomic E-state index is 12.4. The average Bonchev–Trinajstić information content (AvgIpc) is 2.96. The Morgan fingerprint density at radius 2 is 1.88 bits per heavy atom. The molecule has 0 bridgehead atoms. The summed E-state index contributed by atoms with van der Waals surface area (Å²) in [6.07, 6.45) is 5.10. The van der Waals surface area contributed by atoms with Crippen LogP contribution in [-0.2, 0) is 41.3 Å². The standard InChI is InChI=1S/C17H28N4O3S/c1-3-25(23,24)21-12-9-16-14(13-21)15(18-19(16)2)7-8-17(22)20-10-5-4-6-11-20/h3-13H2,1-2H3. The van der Waals surface area contributed by atoms with Crippen LogP contribution in [0.3, 0.4) is 0 Å². The van der Waals surface area contributed by atoms with Crippen molar-refractivity contribution in [3.63, 3.8) is 0 Å². The molecule has 1 saturated heterocycles. The van der Waals surface area contributed by atoms with Crippen LogP contribution < -0.4 is 0 Å². The number of sulfonamides is 1. The van der Waals surface area contributed by atoms with E-state index in [9.17, 15) is 13.2 Å². The lowest BCUT2D eigenvalue weighted by molar-refractivity contribution is -0.132. The molecule has 8 heteroatoms. The first kappa shape index (κ1) is 18.4. The van der Waals surface area contributed by atoms with Gasteiger partial charge >= 0.3 is 0 Å². The largest absolute Gasteiger partial charge is 0.343 e. The summed E-state index contributed by atoms with van der Waals surface area (Å²) in [7, 11) is -1.30. The van der Waals surface area contributed by atoms with Crippen LogP contribution in [0, 0.1) is 0 Å². The van der Waals surface area contributed by atoms with Crippen molar-refractivity contribution in [2.75, 3.05) is 25.4 Å². The number of fused-ring (bicyclic) bond motifs is 1. The van der Waals surface area contributed by atoms with E-state index in [2.05, 4.69) is 5.10 Å². The Kier molecular flexibility index (Phi) is 5.48. The van der Waals surface area contributed by atoms with Gasteiger partial charge in [0, 0.05) is 63.7 Å². The molecule has 3 heterocycles. The Balaban J connectivity index is 1.70. The number of amides is 1. The summed E-state index contributed by atoms with van der Waals surface area (Å²) in [5.74, 6) is 0.304. The lowest BCUT2D eigenvalue weighted by Crippen LogP contribution is -2.37. The maximum absolute atomic E-state index is 12.4. The van der Waals surface area contributed by atoms with Crippen LogP contribution in [-0.4, -0.2) is 58.7 Å². The molecule has 0 N–H and O–H groups in total. The highest BCUT2D eigenvalue weighted by Gasteiger charge is 2.30. The van der Waals surface area contributed by atoms with E-state index in [4.69, 9.17) is 0 Å². The second-order valence-corrected chi connectivity index (χ2v) is 9.18. The minimum Gasteiger partial charge on any atom is -0.343 e. The maximum Gasteiger partial charge on any atom is 0.222 e. The summed E-state index contributed by atoms with van der Waals surface area (Å²) in [5, 5.41) is 4.58. The van der Waals surface area contributed by atoms with Crippen molar-refractivity contribution >= 4 is 15.9 Å². The van der Waals surface area contributed by atoms with Gasteiger partial charge in [-0.1, -0.05) is 0 Å². The molecule has 25 heavy (non-hydrogen) atoms. The highest BCUT2D eigenvalue weighted by Crippen LogP contribution is 2.25. The molecule has 0 unspecified atom stereocenters. The molecule has 0 saturated carbocycles. The van der Waals surface area contributed by atoms with Gasteiger partial charge in [-0.15, -0.1) is 0 Å². The Morgan fingerprint density at radius 1 is 1.16 bits per heavy atom. The van der Waals surface area contributed by atoms with E-state index >= 15 is 0 Å². The van der Waals surface area contributed by atoms with Crippen LogP contribution >= 0.6 is 0 Å². The van der Waals surface area contributed by atoms with E-state index in [1.165, 1.54) is 6.42 Å². The molecule has 1 amide bonds. The van der Waals surface area contributed by atoms with Crippen LogP contribution in [0.25, 0.3) is 0 Å². The van der Waals surface area contributed by atoms with E-state index in [0.717, 1.165) is 42.9 Å². The predicted molar refractivity (Wildman–Crippen MR) is 95.5 cm³/mol. The van der Waals surface area contributed by atoms with Gasteiger partial charge in [-0.05, 0) is 26.2 Å². The van der Waals surface area contributed by atoms with E-state index in [0.29, 0.717) is 32.4 Å². The molecule has 0 aromatic carbocycles. The first-order valence-corrected chi connectivity index (χ1v) is 10.8. The topological polar surface area (TPSA) is 75.5 Å². The van der Waals surface area contributed by atoms with Crippen LogP contribution in [0.4, 0.5) is 0 Å². The van der Waals surface area contributed by atoms with Gasteiger partial charge in [-0.25, -0.2) is 8.42 Å². The normalized spacial score (nSPS) is 19.0. The lowest BCUT2D eigenvalue weighted by Gasteiger charge is -2.27. The average molecular weight is 369 g/mol. The number of likely N-dealkylation sites (tertiary alicyclic amines) is 1. The number of hydrogen-bond acceptors (Lipinski definition) is 4. The number of aromatic nitrogens is 2. The van der Waals surface area contributed by atoms with Gasteiger partial charge in [0.05, 0.1) is 11.4 Å². The van der Waals surface area contributed by atoms with Crippen LogP contribution in [0.1, 0.15) is 49.6 Å². The third kappa shape index (κ3) is 3.89. The molecule has 0 aliphatic carbocycles. The van der Waals surface area contributed by atoms with Crippen molar-refractivity contribution < 1.29 is 13.2 Å². The molecular weight excluding hydrogens is 340 g/mol. The van der Waals surface area contributed by atoms with Gasteiger partial charge in [0.15, 0.2) is 0 Å². The van der Waals surface area contributed by atoms with Crippen molar-refractivity contribution in [3.8, 4) is 0 Å². The minimum atomic E-state index is -3.20. The van der Waals surface area contributed by atoms with Crippen molar-refractivity contribution in [2.24, 2.45) is 7.05 Å². The fourth-order valence-corrected chi connectivity index (χ4v) is 4.85. The number of carbonyl (C=O) groups is 1. The summed E-state index contributed by atoms with van der Waals surface area (Å²) >= 11 is 0. The summed E-state index contributed by atoms with van der Waals surface area (Å²) in [5.41, 5.74) is 2.97. The molecule has 3 rings (SSSR count). The summed E-state index contributed by atoms with van der Waals surface area (Å²) < 4.78 is 27.8. The zero-order chi connectivity index (χ0) is 18.0. The number of carbonyl (C=O) groups excluding carboxylic acids is 1. The zero-order valence-corrected chi connectivity index (χ0v) is 16.0. The first-order chi connectivity index (χ1) is 11.9. The summed E-state index contributed by atoms with van der Waals surface area (Å²) in [6, 6.07) is 0. The molecule has 0 atom stereocenters. The van der Waals surface area contributed by atoms with Gasteiger partial charge in [-0.3, -0.25) is 9.48 Å². The summed E-state index contributed by atoms with van der Waals surface area (Å²) in [4.78, 5) is 14.4. The first-order valence-electron chi connectivity index (χ1n) is 9.21. The lowest BCUT2D eigenvalue weighted by atomic mass is 10.0. The van der Waals surface area contributed by atoms with Gasteiger partial charge < -0.3 is 4.90 Å². The zero-order valence-electron chi connectivity index (χ0n) is 15.2. The van der Waals surface area contributed by atoms with Gasteiger partial charge in [0.25, 0.3) is 0 Å². The van der Waals surface area contributed by atoms with Gasteiger partial charge in [-0.2, -0.15) is 9.40 Å². The molecular formula is C17H28N4O3S. The number of piperidine rings is 1. The number of nitrogens with zero attached hydrogens (tertiary/aromatic N) is 4. The molecule has 1 aromatic rings. The Morgan fingerprint density at radius 3 is 2.56 bits per heavy atom. The monoisotopic (exact) mass is 368 g/mol. The van der Waals surface area contributed by atoms with Gasteiger partial charge in [0.1, 0.15) is 0 Å². The van der Waals surface area contributed by atoms with Crippen LogP contribution in [0.5, 0.6) is 0 Å². The van der Waals surface area contributed by atoms with E-state index in [-0.39, 0.29) is 11.7 Å². The van der Waals surface area contributed by atoms with Crippen LogP contribution in [0.15, 0.2) is 0 Å². The van der Waals surface area contributed by atoms with E-state index in [1.807, 2.05) is 16.6 Å². The molecule has 1 fully saturated rings. The molecule has 2 aliphatic rings. The smallest absolute Gasteiger partial charge is 0.222 e. The fourth-order valence-electron chi connectivity index (χ4n) is 3.79. The van der Waals surface area contributed by atoms with Crippen molar-refractivity contribution in [1.82, 2.24) is 19.0 Å². The molecule has 0 spiro atoms. The Bertz CT molecular complexity index is 735. The highest BCUT2D eigenvalue weighted by molar-refractivity contribution is 7.89. The van der Waals surface area contributed by atoms with Crippen molar-refractivity contribution in [3.05, 3.63) is 17.0 Å². The molecule has 140 valence electrons. The molecule has 2 aliphatic heterocycles. The Labute approximate surface area is 150 Å². The second kappa shape index (κ2) is 7.45. The number of rotatable bonds is 5. The number of aryl methyl sites for hydroxylation is 2. The third-order valence-corrected chi connectivity index (χ3v) is 7.16. The van der Waals surface area contributed by atoms with E-state index in [1.54, 1.807) is 11.2 Å². The molecule has 0 radical (unpaired) electrons.